The topological polar surface area (TPSA) is 52.6 Å². The Hall–Kier alpha value is -1.52. The summed E-state index contributed by atoms with van der Waals surface area (Å²) < 4.78 is 25.0. The molecule has 1 aromatic rings. The Morgan fingerprint density at radius 3 is 3.00 bits per heavy atom. The highest BCUT2D eigenvalue weighted by Crippen LogP contribution is 2.07. The maximum absolute atomic E-state index is 11.9. The van der Waals surface area contributed by atoms with Crippen LogP contribution in [-0.4, -0.2) is 6.61 Å². The van der Waals surface area contributed by atoms with Gasteiger partial charge in [0.2, 0.25) is 0 Å². The summed E-state index contributed by atoms with van der Waals surface area (Å²) in [6.07, 6.45) is 0.950. The molecule has 0 fully saturated rings. The van der Waals surface area contributed by atoms with Crippen LogP contribution in [0, 0.1) is 0 Å². The minimum Gasteiger partial charge on any atom is -0.455 e. The van der Waals surface area contributed by atoms with Crippen LogP contribution in [0.25, 0.3) is 0 Å². The molecule has 0 radical (unpaired) electrons. The van der Waals surface area contributed by atoms with Gasteiger partial charge in [-0.05, 0) is 0 Å². The van der Waals surface area contributed by atoms with Crippen LogP contribution in [0.15, 0.2) is 32.3 Å². The van der Waals surface area contributed by atoms with Crippen molar-refractivity contribution in [1.82, 2.24) is 0 Å². The monoisotopic (exact) mass is 160 g/mol. The molecule has 0 saturated heterocycles. The number of hydrogen-bond acceptors (Lipinski definition) is 4. The normalized spacial score (nSPS) is 9.55. The summed E-state index contributed by atoms with van der Waals surface area (Å²) >= 11 is 0. The highest BCUT2D eigenvalue weighted by molar-refractivity contribution is 4.94. The lowest BCUT2D eigenvalue weighted by Gasteiger charge is -1.94. The molecule has 0 spiro atoms. The van der Waals surface area contributed by atoms with Crippen LogP contribution < -0.4 is 10.6 Å². The molecule has 11 heavy (non-hydrogen) atoms. The van der Waals surface area contributed by atoms with Crippen LogP contribution in [0.3, 0.4) is 0 Å². The molecule has 0 bridgehead atoms. The SMILES string of the molecule is C=C(F)COc1coc(=O)o1. The third kappa shape index (κ3) is 2.29. The minimum atomic E-state index is -0.885. The van der Waals surface area contributed by atoms with E-state index in [4.69, 9.17) is 0 Å². The van der Waals surface area contributed by atoms with Gasteiger partial charge in [0.15, 0.2) is 6.26 Å². The van der Waals surface area contributed by atoms with Gasteiger partial charge in [-0.15, -0.1) is 0 Å². The molecule has 4 nitrogen and oxygen atoms in total. The van der Waals surface area contributed by atoms with Crippen molar-refractivity contribution >= 4 is 0 Å². The van der Waals surface area contributed by atoms with Crippen LogP contribution in [0.1, 0.15) is 0 Å². The van der Waals surface area contributed by atoms with E-state index in [1.807, 2.05) is 0 Å². The van der Waals surface area contributed by atoms with Crippen molar-refractivity contribution in [2.75, 3.05) is 6.61 Å². The molecule has 1 rings (SSSR count). The molecule has 0 atom stereocenters. The Bertz CT molecular complexity index is 298. The van der Waals surface area contributed by atoms with Crippen LogP contribution in [-0.2, 0) is 0 Å². The first-order valence-electron chi connectivity index (χ1n) is 2.73. The van der Waals surface area contributed by atoms with Gasteiger partial charge in [0.05, 0.1) is 0 Å². The molecule has 1 heterocycles. The smallest absolute Gasteiger partial charge is 0.455 e. The average molecular weight is 160 g/mol. The lowest BCUT2D eigenvalue weighted by Crippen LogP contribution is -1.95. The largest absolute Gasteiger partial charge is 0.521 e. The van der Waals surface area contributed by atoms with Gasteiger partial charge in [0.1, 0.15) is 12.4 Å². The minimum absolute atomic E-state index is 0.159. The van der Waals surface area contributed by atoms with Gasteiger partial charge in [-0.3, -0.25) is 0 Å². The summed E-state index contributed by atoms with van der Waals surface area (Å²) in [5.41, 5.74) is 0. The number of rotatable bonds is 3. The Balaban J connectivity index is 2.51. The van der Waals surface area contributed by atoms with Gasteiger partial charge in [-0.2, -0.15) is 0 Å². The zero-order valence-corrected chi connectivity index (χ0v) is 5.50. The van der Waals surface area contributed by atoms with Crippen molar-refractivity contribution in [2.45, 2.75) is 0 Å². The first-order chi connectivity index (χ1) is 5.18. The number of ether oxygens (including phenoxy) is 1. The highest BCUT2D eigenvalue weighted by Gasteiger charge is 2.01. The van der Waals surface area contributed by atoms with E-state index >= 15 is 0 Å². The van der Waals surface area contributed by atoms with E-state index in [9.17, 15) is 9.18 Å². The van der Waals surface area contributed by atoms with Crippen molar-refractivity contribution in [2.24, 2.45) is 0 Å². The van der Waals surface area contributed by atoms with Gasteiger partial charge in [-0.1, -0.05) is 6.58 Å². The van der Waals surface area contributed by atoms with Crippen molar-refractivity contribution < 1.29 is 18.0 Å². The van der Waals surface area contributed by atoms with Gasteiger partial charge in [0.25, 0.3) is 0 Å². The lowest BCUT2D eigenvalue weighted by atomic mass is 10.6. The molecule has 60 valence electrons. The molecule has 0 aliphatic carbocycles. The third-order valence-corrected chi connectivity index (χ3v) is 0.806. The van der Waals surface area contributed by atoms with Gasteiger partial charge < -0.3 is 13.6 Å². The zero-order valence-electron chi connectivity index (χ0n) is 5.50. The molecule has 0 aliphatic heterocycles. The predicted molar refractivity (Wildman–Crippen MR) is 33.0 cm³/mol. The van der Waals surface area contributed by atoms with E-state index < -0.39 is 11.6 Å². The van der Waals surface area contributed by atoms with Crippen LogP contribution in [0.5, 0.6) is 5.95 Å². The Labute approximate surface area is 60.9 Å². The van der Waals surface area contributed by atoms with Crippen molar-refractivity contribution in [3.63, 3.8) is 0 Å². The second kappa shape index (κ2) is 3.05. The summed E-state index contributed by atoms with van der Waals surface area (Å²) in [7, 11) is 0. The Kier molecular flexibility index (Phi) is 2.10. The maximum atomic E-state index is 11.9. The summed E-state index contributed by atoms with van der Waals surface area (Å²) in [5.74, 6) is -1.70. The maximum Gasteiger partial charge on any atom is 0.521 e. The number of halogens is 1. The fraction of sp³-hybridized carbons (Fsp3) is 0.167. The van der Waals surface area contributed by atoms with E-state index in [-0.39, 0.29) is 12.6 Å². The summed E-state index contributed by atoms with van der Waals surface area (Å²) in [6.45, 7) is 2.59. The number of hydrogen-bond donors (Lipinski definition) is 0. The van der Waals surface area contributed by atoms with Gasteiger partial charge in [0, 0.05) is 0 Å². The Morgan fingerprint density at radius 2 is 2.55 bits per heavy atom. The molecular formula is C6H5FO4. The van der Waals surface area contributed by atoms with E-state index in [1.165, 1.54) is 0 Å². The lowest BCUT2D eigenvalue weighted by molar-refractivity contribution is 0.238. The molecule has 0 amide bonds. The molecule has 0 saturated carbocycles. The van der Waals surface area contributed by atoms with Crippen molar-refractivity contribution in [3.8, 4) is 5.95 Å². The molecular weight excluding hydrogens is 155 g/mol. The van der Waals surface area contributed by atoms with Crippen LogP contribution in [0.4, 0.5) is 4.39 Å². The van der Waals surface area contributed by atoms with E-state index in [1.54, 1.807) is 0 Å². The third-order valence-electron chi connectivity index (χ3n) is 0.806. The van der Waals surface area contributed by atoms with Gasteiger partial charge in [-0.25, -0.2) is 9.18 Å². The highest BCUT2D eigenvalue weighted by atomic mass is 19.1. The average Bonchev–Trinajstić information content (AvgIpc) is 2.31. The van der Waals surface area contributed by atoms with E-state index in [0.29, 0.717) is 0 Å². The van der Waals surface area contributed by atoms with Gasteiger partial charge >= 0.3 is 11.8 Å². The Morgan fingerprint density at radius 1 is 1.82 bits per heavy atom. The molecule has 0 N–H and O–H groups in total. The van der Waals surface area contributed by atoms with Crippen LogP contribution >= 0.6 is 0 Å². The standard InChI is InChI=1S/C6H5FO4/c1-4(7)2-9-5-3-10-6(8)11-5/h3H,1-2H2. The second-order valence-corrected chi connectivity index (χ2v) is 1.71. The van der Waals surface area contributed by atoms with E-state index in [2.05, 4.69) is 20.2 Å². The predicted octanol–water partition coefficient (Wildman–Crippen LogP) is 1.09. The fourth-order valence-corrected chi connectivity index (χ4v) is 0.439. The molecule has 0 unspecified atom stereocenters. The zero-order chi connectivity index (χ0) is 8.27. The molecule has 0 aliphatic rings. The molecule has 0 aromatic carbocycles. The van der Waals surface area contributed by atoms with E-state index in [0.717, 1.165) is 6.26 Å². The van der Waals surface area contributed by atoms with Crippen molar-refractivity contribution in [1.29, 1.82) is 0 Å². The molecule has 1 aromatic heterocycles. The molecule has 5 heteroatoms. The fourth-order valence-electron chi connectivity index (χ4n) is 0.439. The summed E-state index contributed by atoms with van der Waals surface area (Å²) in [6, 6.07) is 0. The van der Waals surface area contributed by atoms with Crippen molar-refractivity contribution in [3.05, 3.63) is 29.3 Å². The first kappa shape index (κ1) is 7.59. The second-order valence-electron chi connectivity index (χ2n) is 1.71. The first-order valence-corrected chi connectivity index (χ1v) is 2.73. The summed E-state index contributed by atoms with van der Waals surface area (Å²) in [4.78, 5) is 10.2. The quantitative estimate of drug-likeness (QED) is 0.664. The van der Waals surface area contributed by atoms with Crippen LogP contribution in [0.2, 0.25) is 0 Å². The summed E-state index contributed by atoms with van der Waals surface area (Å²) in [5, 5.41) is 0.